The van der Waals surface area contributed by atoms with Gasteiger partial charge in [0, 0.05) is 22.6 Å². The largest absolute Gasteiger partial charge is 0.294 e. The Morgan fingerprint density at radius 1 is 1.00 bits per heavy atom. The number of hydrogen-bond acceptors (Lipinski definition) is 6. The van der Waals surface area contributed by atoms with Gasteiger partial charge in [-0.05, 0) is 55.3 Å². The van der Waals surface area contributed by atoms with Crippen molar-refractivity contribution in [1.82, 2.24) is 9.97 Å². The molecule has 1 aromatic heterocycles. The van der Waals surface area contributed by atoms with E-state index < -0.39 is 0 Å². The van der Waals surface area contributed by atoms with E-state index in [9.17, 15) is 0 Å². The maximum Gasteiger partial charge on any atom is 0.234 e. The molecular weight excluding hydrogens is 364 g/mol. The van der Waals surface area contributed by atoms with E-state index in [1.54, 1.807) is 11.8 Å². The lowest BCUT2D eigenvalue weighted by Gasteiger charge is -2.12. The van der Waals surface area contributed by atoms with Crippen molar-refractivity contribution < 1.29 is 10.7 Å². The number of thioether (sulfide) groups is 1. The Morgan fingerprint density at radius 2 is 1.73 bits per heavy atom. The Balaban J connectivity index is 1.90. The van der Waals surface area contributed by atoms with Gasteiger partial charge in [-0.15, -0.1) is 11.8 Å². The van der Waals surface area contributed by atoms with Crippen molar-refractivity contribution >= 4 is 35.3 Å². The van der Waals surface area contributed by atoms with Gasteiger partial charge in [-0.2, -0.15) is 5.48 Å². The van der Waals surface area contributed by atoms with Crippen LogP contribution in [0.15, 0.2) is 58.5 Å². The van der Waals surface area contributed by atoms with E-state index in [-0.39, 0.29) is 0 Å². The Hall–Kier alpha value is -2.06. The number of nitrogens with two attached hydrogens (primary N) is 1. The summed E-state index contributed by atoms with van der Waals surface area (Å²) in [5.74, 6) is 0.567. The maximum atomic E-state index is 9.15. The molecule has 0 bridgehead atoms. The molecule has 26 heavy (non-hydrogen) atoms. The zero-order valence-corrected chi connectivity index (χ0v) is 16.5. The van der Waals surface area contributed by atoms with Crippen LogP contribution < -0.4 is 10.2 Å². The van der Waals surface area contributed by atoms with Crippen molar-refractivity contribution in [3.05, 3.63) is 59.7 Å². The van der Waals surface area contributed by atoms with Crippen molar-refractivity contribution in [1.29, 1.82) is 0 Å². The van der Waals surface area contributed by atoms with Gasteiger partial charge < -0.3 is 0 Å². The number of rotatable bonds is 6. The molecule has 0 fully saturated rings. The zero-order chi connectivity index (χ0) is 18.5. The van der Waals surface area contributed by atoms with Crippen molar-refractivity contribution in [3.63, 3.8) is 0 Å². The van der Waals surface area contributed by atoms with E-state index in [0.717, 1.165) is 32.3 Å². The van der Waals surface area contributed by atoms with E-state index in [1.165, 1.54) is 23.1 Å². The Kier molecular flexibility index (Phi) is 6.16. The van der Waals surface area contributed by atoms with Crippen LogP contribution in [0.25, 0.3) is 11.3 Å². The molecule has 1 heterocycles. The molecule has 0 aliphatic heterocycles. The highest BCUT2D eigenvalue weighted by atomic mass is 32.2. The second-order valence-corrected chi connectivity index (χ2v) is 7.50. The van der Waals surface area contributed by atoms with Crippen LogP contribution in [0.5, 0.6) is 0 Å². The fourth-order valence-electron chi connectivity index (χ4n) is 2.68. The average Bonchev–Trinajstić information content (AvgIpc) is 2.66. The van der Waals surface area contributed by atoms with Gasteiger partial charge in [0.15, 0.2) is 5.69 Å². The molecule has 0 saturated heterocycles. The normalized spacial score (nSPS) is 10.8. The monoisotopic (exact) mass is 385 g/mol. The molecule has 4 N–H and O–H groups in total. The van der Waals surface area contributed by atoms with E-state index in [2.05, 4.69) is 41.8 Å². The predicted molar refractivity (Wildman–Crippen MR) is 108 cm³/mol. The summed E-state index contributed by atoms with van der Waals surface area (Å²) in [7, 11) is 0. The van der Waals surface area contributed by atoms with Gasteiger partial charge in [0.1, 0.15) is 5.03 Å². The molecule has 134 valence electrons. The van der Waals surface area contributed by atoms with Crippen molar-refractivity contribution in [2.24, 2.45) is 0 Å². The number of nitrogens with zero attached hydrogens (tertiary/aromatic N) is 2. The lowest BCUT2D eigenvalue weighted by Crippen LogP contribution is -2.73. The smallest absolute Gasteiger partial charge is 0.234 e. The third-order valence-corrected chi connectivity index (χ3v) is 5.32. The SMILES string of the molecule is CSc1cc(-c2c(C)cccc2C)nc(NSc2cccc([NH2+]O)c2)n1. The van der Waals surface area contributed by atoms with Gasteiger partial charge in [0.05, 0.1) is 5.69 Å². The molecule has 0 aliphatic carbocycles. The van der Waals surface area contributed by atoms with Gasteiger partial charge in [-0.25, -0.2) is 15.2 Å². The number of hydrogen-bond donors (Lipinski definition) is 3. The fraction of sp³-hybridized carbons (Fsp3) is 0.158. The predicted octanol–water partition coefficient (Wildman–Crippen LogP) is 4.19. The number of benzene rings is 2. The molecule has 7 heteroatoms. The summed E-state index contributed by atoms with van der Waals surface area (Å²) in [5, 5.41) is 10.1. The summed E-state index contributed by atoms with van der Waals surface area (Å²) in [6.07, 6.45) is 2.01. The quantitative estimate of drug-likeness (QED) is 0.194. The highest BCUT2D eigenvalue weighted by molar-refractivity contribution is 8.00. The summed E-state index contributed by atoms with van der Waals surface area (Å²) in [5.41, 5.74) is 6.30. The molecule has 0 amide bonds. The van der Waals surface area contributed by atoms with Gasteiger partial charge in [0.25, 0.3) is 0 Å². The summed E-state index contributed by atoms with van der Waals surface area (Å²) in [6.45, 7) is 4.20. The van der Waals surface area contributed by atoms with Crippen LogP contribution in [-0.4, -0.2) is 21.4 Å². The molecule has 0 unspecified atom stereocenters. The number of nitrogens with one attached hydrogen (secondary N) is 1. The minimum Gasteiger partial charge on any atom is -0.294 e. The molecule has 0 spiro atoms. The second kappa shape index (κ2) is 8.55. The van der Waals surface area contributed by atoms with Gasteiger partial charge in [0.2, 0.25) is 5.95 Å². The van der Waals surface area contributed by atoms with Crippen LogP contribution in [0.1, 0.15) is 11.1 Å². The van der Waals surface area contributed by atoms with Crippen LogP contribution in [0.4, 0.5) is 11.6 Å². The van der Waals surface area contributed by atoms with Crippen LogP contribution in [0.2, 0.25) is 0 Å². The first-order valence-electron chi connectivity index (χ1n) is 8.10. The van der Waals surface area contributed by atoms with E-state index in [0.29, 0.717) is 5.95 Å². The second-order valence-electron chi connectivity index (χ2n) is 5.79. The molecule has 3 aromatic rings. The Morgan fingerprint density at radius 3 is 2.42 bits per heavy atom. The summed E-state index contributed by atoms with van der Waals surface area (Å²) in [4.78, 5) is 10.2. The summed E-state index contributed by atoms with van der Waals surface area (Å²) < 4.78 is 3.22. The number of anilines is 1. The molecule has 0 saturated carbocycles. The molecule has 2 aromatic carbocycles. The highest BCUT2D eigenvalue weighted by Crippen LogP contribution is 2.30. The minimum atomic E-state index is 0.567. The minimum absolute atomic E-state index is 0.567. The highest BCUT2D eigenvalue weighted by Gasteiger charge is 2.11. The molecule has 3 rings (SSSR count). The Bertz CT molecular complexity index is 898. The standard InChI is InChI=1S/C19H20N4OS2/c1-12-6-4-7-13(2)18(12)16-11-17(25-3)21-19(20-16)23-26-15-9-5-8-14(10-15)22-24/h4-11,22,24H,1-3H3,(H,20,21,23)/p+1. The Labute approximate surface area is 161 Å². The third-order valence-electron chi connectivity index (χ3n) is 3.92. The number of quaternary nitrogens is 1. The number of aryl methyl sites for hydroxylation is 2. The average molecular weight is 386 g/mol. The number of aromatic nitrogens is 2. The topological polar surface area (TPSA) is 74.7 Å². The van der Waals surface area contributed by atoms with Gasteiger partial charge in [-0.3, -0.25) is 4.72 Å². The van der Waals surface area contributed by atoms with E-state index in [1.807, 2.05) is 36.6 Å². The molecule has 5 nitrogen and oxygen atoms in total. The van der Waals surface area contributed by atoms with Crippen molar-refractivity contribution in [3.8, 4) is 11.3 Å². The lowest BCUT2D eigenvalue weighted by molar-refractivity contribution is -0.825. The van der Waals surface area contributed by atoms with Crippen LogP contribution in [0.3, 0.4) is 0 Å². The van der Waals surface area contributed by atoms with E-state index in [4.69, 9.17) is 10.2 Å². The van der Waals surface area contributed by atoms with Gasteiger partial charge in [-0.1, -0.05) is 24.3 Å². The van der Waals surface area contributed by atoms with Crippen LogP contribution in [0, 0.1) is 13.8 Å². The molecular formula is C19H21N4OS2+. The van der Waals surface area contributed by atoms with Crippen molar-refractivity contribution in [2.75, 3.05) is 11.0 Å². The maximum absolute atomic E-state index is 9.15. The molecule has 0 aliphatic rings. The fourth-order valence-corrected chi connectivity index (χ4v) is 3.73. The van der Waals surface area contributed by atoms with Crippen LogP contribution >= 0.6 is 23.7 Å². The molecule has 0 radical (unpaired) electrons. The zero-order valence-electron chi connectivity index (χ0n) is 14.9. The first kappa shape index (κ1) is 18.7. The van der Waals surface area contributed by atoms with Crippen LogP contribution in [-0.2, 0) is 0 Å². The van der Waals surface area contributed by atoms with Crippen molar-refractivity contribution in [2.45, 2.75) is 23.8 Å². The van der Waals surface area contributed by atoms with Gasteiger partial charge >= 0.3 is 0 Å². The first-order valence-corrected chi connectivity index (χ1v) is 10.1. The summed E-state index contributed by atoms with van der Waals surface area (Å²) >= 11 is 3.01. The molecule has 0 atom stereocenters. The van der Waals surface area contributed by atoms with E-state index >= 15 is 0 Å². The third kappa shape index (κ3) is 4.37. The first-order chi connectivity index (χ1) is 12.6. The lowest BCUT2D eigenvalue weighted by atomic mass is 10.00. The summed E-state index contributed by atoms with van der Waals surface area (Å²) in [6, 6.07) is 15.9.